The van der Waals surface area contributed by atoms with Crippen LogP contribution in [0.1, 0.15) is 31.9 Å². The van der Waals surface area contributed by atoms with E-state index in [0.29, 0.717) is 61.8 Å². The van der Waals surface area contributed by atoms with Gasteiger partial charge in [-0.2, -0.15) is 5.26 Å². The van der Waals surface area contributed by atoms with Gasteiger partial charge in [0.25, 0.3) is 0 Å². The Hall–Kier alpha value is -4.03. The van der Waals surface area contributed by atoms with Crippen LogP contribution in [0.15, 0.2) is 48.7 Å². The van der Waals surface area contributed by atoms with Gasteiger partial charge >= 0.3 is 6.09 Å². The summed E-state index contributed by atoms with van der Waals surface area (Å²) in [7, 11) is 0. The topological polar surface area (TPSA) is 91.6 Å². The Labute approximate surface area is 222 Å². The molecule has 1 saturated heterocycles. The number of nitriles is 1. The second-order valence-corrected chi connectivity index (χ2v) is 10.2. The SMILES string of the molecule is Cc1cccnc1-c1cc(-c2ccc(F)cc2)c(C#N)c(OCCN2CCN(C(=O)OC(C)(C)C)CC2)n1. The average molecular weight is 518 g/mol. The van der Waals surface area contributed by atoms with E-state index in [9.17, 15) is 14.4 Å². The van der Waals surface area contributed by atoms with E-state index >= 15 is 0 Å². The lowest BCUT2D eigenvalue weighted by molar-refractivity contribution is 0.0136. The molecule has 0 bridgehead atoms. The van der Waals surface area contributed by atoms with Crippen LogP contribution >= 0.6 is 0 Å². The molecule has 3 aromatic rings. The molecular formula is C29H32FN5O3. The Morgan fingerprint density at radius 2 is 1.84 bits per heavy atom. The Morgan fingerprint density at radius 1 is 1.13 bits per heavy atom. The summed E-state index contributed by atoms with van der Waals surface area (Å²) >= 11 is 0. The summed E-state index contributed by atoms with van der Waals surface area (Å²) in [6.45, 7) is 10.9. The van der Waals surface area contributed by atoms with Gasteiger partial charge in [0.2, 0.25) is 5.88 Å². The molecule has 1 aromatic carbocycles. The summed E-state index contributed by atoms with van der Waals surface area (Å²) < 4.78 is 25.1. The lowest BCUT2D eigenvalue weighted by Crippen LogP contribution is -2.50. The Morgan fingerprint density at radius 3 is 2.47 bits per heavy atom. The van der Waals surface area contributed by atoms with Crippen molar-refractivity contribution in [2.24, 2.45) is 0 Å². The number of pyridine rings is 2. The summed E-state index contributed by atoms with van der Waals surface area (Å²) in [5, 5.41) is 10.0. The first kappa shape index (κ1) is 27.0. The Balaban J connectivity index is 1.51. The summed E-state index contributed by atoms with van der Waals surface area (Å²) in [4.78, 5) is 25.4. The highest BCUT2D eigenvalue weighted by Gasteiger charge is 2.26. The molecule has 8 nitrogen and oxygen atoms in total. The molecule has 0 radical (unpaired) electrons. The summed E-state index contributed by atoms with van der Waals surface area (Å²) in [6, 6.07) is 13.8. The molecule has 9 heteroatoms. The maximum Gasteiger partial charge on any atom is 0.410 e. The minimum Gasteiger partial charge on any atom is -0.475 e. The number of nitrogens with zero attached hydrogens (tertiary/aromatic N) is 5. The second-order valence-electron chi connectivity index (χ2n) is 10.2. The first-order chi connectivity index (χ1) is 18.1. The van der Waals surface area contributed by atoms with E-state index < -0.39 is 5.60 Å². The predicted molar refractivity (Wildman–Crippen MR) is 142 cm³/mol. The Bertz CT molecular complexity index is 1320. The number of carbonyl (C=O) groups is 1. The summed E-state index contributed by atoms with van der Waals surface area (Å²) in [6.07, 6.45) is 1.39. The molecule has 0 spiro atoms. The number of aromatic nitrogens is 2. The molecule has 0 unspecified atom stereocenters. The molecule has 1 aliphatic heterocycles. The van der Waals surface area contributed by atoms with Crippen molar-refractivity contribution in [3.63, 3.8) is 0 Å². The smallest absolute Gasteiger partial charge is 0.410 e. The molecule has 2 aromatic heterocycles. The quantitative estimate of drug-likeness (QED) is 0.451. The molecule has 4 rings (SSSR count). The summed E-state index contributed by atoms with van der Waals surface area (Å²) in [5.41, 5.74) is 3.23. The van der Waals surface area contributed by atoms with Crippen LogP contribution in [-0.4, -0.2) is 70.8 Å². The van der Waals surface area contributed by atoms with Crippen molar-refractivity contribution in [3.8, 4) is 34.5 Å². The summed E-state index contributed by atoms with van der Waals surface area (Å²) in [5.74, 6) is -0.146. The van der Waals surface area contributed by atoms with Gasteiger partial charge in [0.05, 0.1) is 11.4 Å². The van der Waals surface area contributed by atoms with Gasteiger partial charge in [-0.1, -0.05) is 18.2 Å². The van der Waals surface area contributed by atoms with Crippen molar-refractivity contribution >= 4 is 6.09 Å². The number of piperazine rings is 1. The molecular weight excluding hydrogens is 485 g/mol. The van der Waals surface area contributed by atoms with Crippen LogP contribution in [0.2, 0.25) is 0 Å². The first-order valence-electron chi connectivity index (χ1n) is 12.6. The fourth-order valence-electron chi connectivity index (χ4n) is 4.22. The number of rotatable bonds is 6. The van der Waals surface area contributed by atoms with Gasteiger partial charge in [-0.05, 0) is 63.1 Å². The van der Waals surface area contributed by atoms with E-state index in [1.54, 1.807) is 29.3 Å². The van der Waals surface area contributed by atoms with Crippen LogP contribution in [-0.2, 0) is 4.74 Å². The van der Waals surface area contributed by atoms with Gasteiger partial charge in [-0.25, -0.2) is 14.2 Å². The van der Waals surface area contributed by atoms with Gasteiger partial charge < -0.3 is 14.4 Å². The van der Waals surface area contributed by atoms with Crippen LogP contribution in [0.25, 0.3) is 22.5 Å². The molecule has 0 aliphatic carbocycles. The second kappa shape index (κ2) is 11.6. The number of halogens is 1. The maximum atomic E-state index is 13.6. The predicted octanol–water partition coefficient (Wildman–Crippen LogP) is 5.06. The third-order valence-electron chi connectivity index (χ3n) is 6.18. The monoisotopic (exact) mass is 517 g/mol. The zero-order valence-corrected chi connectivity index (χ0v) is 22.2. The molecule has 0 N–H and O–H groups in total. The zero-order valence-electron chi connectivity index (χ0n) is 22.2. The minimum atomic E-state index is -0.525. The van der Waals surface area contributed by atoms with Crippen molar-refractivity contribution < 1.29 is 18.7 Å². The third-order valence-corrected chi connectivity index (χ3v) is 6.18. The molecule has 0 atom stereocenters. The number of carbonyl (C=O) groups excluding carboxylic acids is 1. The van der Waals surface area contributed by atoms with E-state index in [2.05, 4.69) is 20.9 Å². The number of hydrogen-bond acceptors (Lipinski definition) is 7. The zero-order chi connectivity index (χ0) is 27.3. The van der Waals surface area contributed by atoms with E-state index in [1.165, 1.54) is 12.1 Å². The number of ether oxygens (including phenoxy) is 2. The van der Waals surface area contributed by atoms with Gasteiger partial charge in [-0.15, -0.1) is 0 Å². The van der Waals surface area contributed by atoms with Gasteiger partial charge in [-0.3, -0.25) is 9.88 Å². The van der Waals surface area contributed by atoms with Crippen LogP contribution in [0, 0.1) is 24.1 Å². The van der Waals surface area contributed by atoms with Crippen LogP contribution in [0.4, 0.5) is 9.18 Å². The molecule has 1 amide bonds. The highest BCUT2D eigenvalue weighted by atomic mass is 19.1. The van der Waals surface area contributed by atoms with Crippen molar-refractivity contribution in [3.05, 3.63) is 65.6 Å². The molecule has 1 aliphatic rings. The number of amides is 1. The van der Waals surface area contributed by atoms with E-state index in [-0.39, 0.29) is 23.4 Å². The highest BCUT2D eigenvalue weighted by Crippen LogP contribution is 2.34. The molecule has 38 heavy (non-hydrogen) atoms. The first-order valence-corrected chi connectivity index (χ1v) is 12.6. The average Bonchev–Trinajstić information content (AvgIpc) is 2.88. The molecule has 3 heterocycles. The van der Waals surface area contributed by atoms with E-state index in [1.807, 2.05) is 39.8 Å². The fraction of sp³-hybridized carbons (Fsp3) is 0.379. The van der Waals surface area contributed by atoms with E-state index in [4.69, 9.17) is 9.47 Å². The van der Waals surface area contributed by atoms with Gasteiger partial charge in [0, 0.05) is 44.5 Å². The van der Waals surface area contributed by atoms with Crippen molar-refractivity contribution in [2.45, 2.75) is 33.3 Å². The number of benzene rings is 1. The largest absolute Gasteiger partial charge is 0.475 e. The standard InChI is InChI=1S/C29H32FN5O3/c1-20-6-5-11-32-26(20)25-18-23(21-7-9-22(30)10-8-21)24(19-31)27(33-25)37-17-16-34-12-14-35(15-13-34)28(36)38-29(2,3)4/h5-11,18H,12-17H2,1-4H3. The van der Waals surface area contributed by atoms with Crippen LogP contribution in [0.3, 0.4) is 0 Å². The van der Waals surface area contributed by atoms with Crippen molar-refractivity contribution in [1.29, 1.82) is 5.26 Å². The molecule has 0 saturated carbocycles. The third kappa shape index (κ3) is 6.64. The van der Waals surface area contributed by atoms with Crippen LogP contribution < -0.4 is 4.74 Å². The lowest BCUT2D eigenvalue weighted by Gasteiger charge is -2.35. The van der Waals surface area contributed by atoms with Crippen LogP contribution in [0.5, 0.6) is 5.88 Å². The maximum absolute atomic E-state index is 13.6. The fourth-order valence-corrected chi connectivity index (χ4v) is 4.22. The minimum absolute atomic E-state index is 0.210. The number of hydrogen-bond donors (Lipinski definition) is 0. The normalized spacial score (nSPS) is 14.2. The van der Waals surface area contributed by atoms with E-state index in [0.717, 1.165) is 5.56 Å². The molecule has 1 fully saturated rings. The Kier molecular flexibility index (Phi) is 8.23. The lowest BCUT2D eigenvalue weighted by atomic mass is 9.99. The van der Waals surface area contributed by atoms with Gasteiger partial charge in [0.15, 0.2) is 0 Å². The van der Waals surface area contributed by atoms with Crippen molar-refractivity contribution in [2.75, 3.05) is 39.3 Å². The highest BCUT2D eigenvalue weighted by molar-refractivity contribution is 5.77. The molecule has 198 valence electrons. The number of aryl methyl sites for hydroxylation is 1. The van der Waals surface area contributed by atoms with Crippen molar-refractivity contribution in [1.82, 2.24) is 19.8 Å². The van der Waals surface area contributed by atoms with Gasteiger partial charge in [0.1, 0.15) is 29.7 Å².